The molecule has 5 nitrogen and oxygen atoms in total. The Balaban J connectivity index is 2.07. The monoisotopic (exact) mass is 448 g/mol. The van der Waals surface area contributed by atoms with Crippen LogP contribution in [0.2, 0.25) is 10.0 Å². The molecule has 7 heteroatoms. The summed E-state index contributed by atoms with van der Waals surface area (Å²) in [6, 6.07) is 12.8. The third kappa shape index (κ3) is 4.35. The van der Waals surface area contributed by atoms with Crippen LogP contribution in [0.15, 0.2) is 48.5 Å². The van der Waals surface area contributed by atoms with Gasteiger partial charge in [0.2, 0.25) is 5.60 Å². The largest absolute Gasteiger partial charge is 0.296 e. The summed E-state index contributed by atoms with van der Waals surface area (Å²) >= 11 is 11.9. The van der Waals surface area contributed by atoms with Crippen LogP contribution in [0.1, 0.15) is 54.9 Å². The van der Waals surface area contributed by atoms with Gasteiger partial charge in [0.1, 0.15) is 0 Å². The van der Waals surface area contributed by atoms with Crippen molar-refractivity contribution in [1.29, 1.82) is 0 Å². The Kier molecular flexibility index (Phi) is 6.48. The predicted molar refractivity (Wildman–Crippen MR) is 114 cm³/mol. The number of carbonyl (C=O) groups excluding carboxylic acids is 3. The minimum atomic E-state index is -2.15. The van der Waals surface area contributed by atoms with Gasteiger partial charge >= 0.3 is 0 Å². The lowest BCUT2D eigenvalue weighted by Crippen LogP contribution is -2.58. The fraction of sp³-hybridized carbons (Fsp3) is 0.348. The molecule has 0 spiro atoms. The van der Waals surface area contributed by atoms with Crippen LogP contribution < -0.4 is 0 Å². The number of Topliss-reactive ketones (excluding diaryl/α,β-unsaturated/α-hetero) is 3. The van der Waals surface area contributed by atoms with Gasteiger partial charge in [-0.05, 0) is 47.4 Å². The average molecular weight is 449 g/mol. The van der Waals surface area contributed by atoms with Crippen molar-refractivity contribution in [3.05, 3.63) is 69.7 Å². The van der Waals surface area contributed by atoms with E-state index in [9.17, 15) is 19.6 Å². The Morgan fingerprint density at radius 1 is 0.967 bits per heavy atom. The molecule has 0 aliphatic heterocycles. The number of ketones is 3. The molecule has 1 aliphatic carbocycles. The van der Waals surface area contributed by atoms with Crippen LogP contribution in [-0.2, 0) is 14.5 Å². The molecule has 0 saturated heterocycles. The Hall–Kier alpha value is -2.05. The maximum Gasteiger partial charge on any atom is 0.225 e. The average Bonchev–Trinajstić information content (AvgIpc) is 2.67. The molecule has 2 aromatic rings. The van der Waals surface area contributed by atoms with Crippen LogP contribution in [0.3, 0.4) is 0 Å². The van der Waals surface area contributed by atoms with E-state index >= 15 is 0 Å². The molecule has 1 fully saturated rings. The van der Waals surface area contributed by atoms with Crippen LogP contribution in [-0.4, -0.2) is 28.2 Å². The van der Waals surface area contributed by atoms with Crippen molar-refractivity contribution in [3.8, 4) is 0 Å². The van der Waals surface area contributed by atoms with Gasteiger partial charge in [0.05, 0.1) is 0 Å². The Morgan fingerprint density at radius 3 is 1.90 bits per heavy atom. The summed E-state index contributed by atoms with van der Waals surface area (Å²) in [5.74, 6) is -2.42. The molecule has 0 bridgehead atoms. The third-order valence-electron chi connectivity index (χ3n) is 5.57. The van der Waals surface area contributed by atoms with Gasteiger partial charge in [-0.2, -0.15) is 0 Å². The molecule has 1 unspecified atom stereocenters. The summed E-state index contributed by atoms with van der Waals surface area (Å²) in [4.78, 5) is 44.0. The highest BCUT2D eigenvalue weighted by atomic mass is 35.5. The second kappa shape index (κ2) is 8.60. The molecule has 0 radical (unpaired) electrons. The number of hydrogen-bond donors (Lipinski definition) is 1. The van der Waals surface area contributed by atoms with E-state index in [1.165, 1.54) is 0 Å². The van der Waals surface area contributed by atoms with Gasteiger partial charge in [0.25, 0.3) is 0 Å². The molecule has 30 heavy (non-hydrogen) atoms. The van der Waals surface area contributed by atoms with E-state index in [-0.39, 0.29) is 25.0 Å². The standard InChI is InChI=1S/C23H22Cl2O5/c1-22(2)12-20(27)23(30-29,21(28)13-22)18(14-3-7-16(24)8-4-14)11-19(26)15-5-9-17(25)10-6-15/h3-10,18,29H,11-13H2,1-2H3. The van der Waals surface area contributed by atoms with Crippen molar-refractivity contribution in [2.75, 3.05) is 0 Å². The Morgan fingerprint density at radius 2 is 1.43 bits per heavy atom. The summed E-state index contributed by atoms with van der Waals surface area (Å²) in [5.41, 5.74) is -1.83. The Labute approximate surface area is 184 Å². The van der Waals surface area contributed by atoms with Gasteiger partial charge in [-0.1, -0.05) is 49.2 Å². The van der Waals surface area contributed by atoms with E-state index in [4.69, 9.17) is 28.1 Å². The van der Waals surface area contributed by atoms with Crippen molar-refractivity contribution in [3.63, 3.8) is 0 Å². The van der Waals surface area contributed by atoms with Crippen molar-refractivity contribution in [2.24, 2.45) is 5.41 Å². The van der Waals surface area contributed by atoms with Crippen LogP contribution >= 0.6 is 23.2 Å². The van der Waals surface area contributed by atoms with Gasteiger partial charge in [-0.15, -0.1) is 0 Å². The lowest BCUT2D eigenvalue weighted by atomic mass is 9.62. The number of benzene rings is 2. The zero-order valence-corrected chi connectivity index (χ0v) is 18.2. The van der Waals surface area contributed by atoms with E-state index in [0.29, 0.717) is 21.2 Å². The summed E-state index contributed by atoms with van der Waals surface area (Å²) in [7, 11) is 0. The minimum absolute atomic E-state index is 0.0402. The molecule has 1 N–H and O–H groups in total. The molecule has 1 saturated carbocycles. The molecular formula is C23H22Cl2O5. The van der Waals surface area contributed by atoms with Gasteiger partial charge in [0.15, 0.2) is 17.3 Å². The minimum Gasteiger partial charge on any atom is -0.296 e. The predicted octanol–water partition coefficient (Wildman–Crippen LogP) is 5.54. The van der Waals surface area contributed by atoms with Gasteiger partial charge in [-0.3, -0.25) is 19.6 Å². The molecule has 3 rings (SSSR count). The number of carbonyl (C=O) groups is 3. The zero-order chi connectivity index (χ0) is 22.1. The van der Waals surface area contributed by atoms with E-state index in [0.717, 1.165) is 0 Å². The maximum absolute atomic E-state index is 13.2. The molecule has 0 aromatic heterocycles. The van der Waals surface area contributed by atoms with E-state index < -0.39 is 28.5 Å². The highest BCUT2D eigenvalue weighted by Crippen LogP contribution is 2.46. The normalized spacial score (nSPS) is 18.8. The highest BCUT2D eigenvalue weighted by Gasteiger charge is 2.59. The van der Waals surface area contributed by atoms with Crippen molar-refractivity contribution >= 4 is 40.6 Å². The SMILES string of the molecule is CC1(C)CC(=O)C(OO)(C(CC(=O)c2ccc(Cl)cc2)c2ccc(Cl)cc2)C(=O)C1. The quantitative estimate of drug-likeness (QED) is 0.271. The molecule has 1 atom stereocenters. The number of hydrogen-bond acceptors (Lipinski definition) is 5. The van der Waals surface area contributed by atoms with Crippen LogP contribution in [0, 0.1) is 5.41 Å². The maximum atomic E-state index is 13.2. The summed E-state index contributed by atoms with van der Waals surface area (Å²) in [6.45, 7) is 3.61. The topological polar surface area (TPSA) is 80.7 Å². The first-order chi connectivity index (χ1) is 14.1. The smallest absolute Gasteiger partial charge is 0.225 e. The third-order valence-corrected chi connectivity index (χ3v) is 6.07. The van der Waals surface area contributed by atoms with Crippen LogP contribution in [0.4, 0.5) is 0 Å². The second-order valence-electron chi connectivity index (χ2n) is 8.43. The lowest BCUT2D eigenvalue weighted by molar-refractivity contribution is -0.309. The van der Waals surface area contributed by atoms with Gasteiger partial charge in [0, 0.05) is 40.8 Å². The number of halogens is 2. The highest BCUT2D eigenvalue weighted by molar-refractivity contribution is 6.31. The van der Waals surface area contributed by atoms with Crippen molar-refractivity contribution in [1.82, 2.24) is 0 Å². The first-order valence-corrected chi connectivity index (χ1v) is 10.3. The van der Waals surface area contributed by atoms with Crippen LogP contribution in [0.25, 0.3) is 0 Å². The molecule has 2 aromatic carbocycles. The Bertz CT molecular complexity index is 944. The van der Waals surface area contributed by atoms with E-state index in [2.05, 4.69) is 0 Å². The summed E-state index contributed by atoms with van der Waals surface area (Å²) in [6.07, 6.45) is -0.140. The summed E-state index contributed by atoms with van der Waals surface area (Å²) < 4.78 is 0. The molecule has 1 aliphatic rings. The molecular weight excluding hydrogens is 427 g/mol. The summed E-state index contributed by atoms with van der Waals surface area (Å²) in [5, 5.41) is 10.8. The number of rotatable bonds is 6. The van der Waals surface area contributed by atoms with E-state index in [1.807, 2.05) is 0 Å². The molecule has 0 heterocycles. The van der Waals surface area contributed by atoms with Gasteiger partial charge < -0.3 is 0 Å². The van der Waals surface area contributed by atoms with Gasteiger partial charge in [-0.25, -0.2) is 4.89 Å². The zero-order valence-electron chi connectivity index (χ0n) is 16.7. The van der Waals surface area contributed by atoms with Crippen LogP contribution in [0.5, 0.6) is 0 Å². The first kappa shape index (κ1) is 22.6. The molecule has 0 amide bonds. The fourth-order valence-corrected chi connectivity index (χ4v) is 4.29. The van der Waals surface area contributed by atoms with Crippen molar-refractivity contribution < 1.29 is 24.5 Å². The molecule has 158 valence electrons. The fourth-order valence-electron chi connectivity index (χ4n) is 4.03. The lowest BCUT2D eigenvalue weighted by Gasteiger charge is -2.42. The van der Waals surface area contributed by atoms with Crippen molar-refractivity contribution in [2.45, 2.75) is 44.6 Å². The second-order valence-corrected chi connectivity index (χ2v) is 9.30. The first-order valence-electron chi connectivity index (χ1n) is 9.52. The van der Waals surface area contributed by atoms with E-state index in [1.54, 1.807) is 62.4 Å².